The van der Waals surface area contributed by atoms with Crippen LogP contribution in [-0.2, 0) is 11.3 Å². The summed E-state index contributed by atoms with van der Waals surface area (Å²) in [4.78, 5) is 24.4. The maximum Gasteiger partial charge on any atom is 0.277 e. The Bertz CT molecular complexity index is 972. The lowest BCUT2D eigenvalue weighted by atomic mass is 10.2. The first-order valence-corrected chi connectivity index (χ1v) is 8.70. The molecule has 1 N–H and O–H groups in total. The zero-order valence-electron chi connectivity index (χ0n) is 12.4. The average molecular weight is 452 g/mol. The Hall–Kier alpha value is -2.06. The number of aryl methyl sites for hydroxylation is 1. The summed E-state index contributed by atoms with van der Waals surface area (Å²) in [5.41, 5.74) is 0.949. The van der Waals surface area contributed by atoms with Crippen LogP contribution in [0.2, 0.25) is 0 Å². The molecule has 1 aromatic heterocycles. The molecule has 0 saturated carbocycles. The zero-order chi connectivity index (χ0) is 17.1. The summed E-state index contributed by atoms with van der Waals surface area (Å²) in [6.07, 6.45) is 0.117. The van der Waals surface area contributed by atoms with Crippen molar-refractivity contribution in [1.29, 1.82) is 0 Å². The molecule has 0 spiro atoms. The minimum atomic E-state index is -0.253. The Kier molecular flexibility index (Phi) is 5.06. The number of fused-ring (bicyclic) bond motifs is 1. The van der Waals surface area contributed by atoms with Crippen molar-refractivity contribution in [2.24, 2.45) is 0 Å². The topological polar surface area (TPSA) is 76.9 Å². The molecule has 0 saturated heterocycles. The van der Waals surface area contributed by atoms with Gasteiger partial charge in [0.2, 0.25) is 5.91 Å². The van der Waals surface area contributed by atoms with Crippen LogP contribution in [0, 0.1) is 0 Å². The predicted molar refractivity (Wildman–Crippen MR) is 98.9 cm³/mol. The lowest BCUT2D eigenvalue weighted by molar-refractivity contribution is -0.116. The van der Waals surface area contributed by atoms with E-state index in [-0.39, 0.29) is 24.4 Å². The number of carbonyl (C=O) groups excluding carboxylic acids is 1. The van der Waals surface area contributed by atoms with Gasteiger partial charge < -0.3 is 5.32 Å². The molecule has 6 nitrogen and oxygen atoms in total. The number of anilines is 1. The maximum atomic E-state index is 12.3. The second-order valence-electron chi connectivity index (χ2n) is 5.06. The number of hydrogen-bond donors (Lipinski definition) is 1. The van der Waals surface area contributed by atoms with Gasteiger partial charge in [-0.25, -0.2) is 4.68 Å². The Morgan fingerprint density at radius 2 is 1.96 bits per heavy atom. The number of halogens is 2. The van der Waals surface area contributed by atoms with Gasteiger partial charge in [0.1, 0.15) is 5.52 Å². The number of hydrogen-bond acceptors (Lipinski definition) is 4. The first-order valence-electron chi connectivity index (χ1n) is 7.12. The van der Waals surface area contributed by atoms with Crippen LogP contribution in [0.1, 0.15) is 6.42 Å². The normalized spacial score (nSPS) is 10.8. The molecule has 1 amide bonds. The van der Waals surface area contributed by atoms with Gasteiger partial charge in [-0.1, -0.05) is 33.3 Å². The Balaban J connectivity index is 1.71. The van der Waals surface area contributed by atoms with Crippen LogP contribution >= 0.6 is 31.9 Å². The van der Waals surface area contributed by atoms with E-state index in [1.54, 1.807) is 30.3 Å². The molecule has 24 heavy (non-hydrogen) atoms. The van der Waals surface area contributed by atoms with E-state index in [0.717, 1.165) is 8.95 Å². The molecule has 0 aliphatic rings. The number of carbonyl (C=O) groups is 1. The smallest absolute Gasteiger partial charge is 0.277 e. The second-order valence-corrected chi connectivity index (χ2v) is 6.83. The van der Waals surface area contributed by atoms with Crippen LogP contribution in [-0.4, -0.2) is 20.9 Å². The van der Waals surface area contributed by atoms with Gasteiger partial charge in [0.15, 0.2) is 0 Å². The molecule has 8 heteroatoms. The fourth-order valence-electron chi connectivity index (χ4n) is 2.18. The molecule has 3 aromatic rings. The van der Waals surface area contributed by atoms with E-state index in [4.69, 9.17) is 0 Å². The zero-order valence-corrected chi connectivity index (χ0v) is 15.5. The highest BCUT2D eigenvalue weighted by Crippen LogP contribution is 2.26. The summed E-state index contributed by atoms with van der Waals surface area (Å²) < 4.78 is 2.84. The predicted octanol–water partition coefficient (Wildman–Crippen LogP) is 3.35. The van der Waals surface area contributed by atoms with Gasteiger partial charge in [-0.3, -0.25) is 9.59 Å². The second kappa shape index (κ2) is 7.23. The molecule has 3 rings (SSSR count). The number of aromatic nitrogens is 3. The number of nitrogens with zero attached hydrogens (tertiary/aromatic N) is 3. The standard InChI is InChI=1S/C16H12Br2N4O2/c17-10-5-6-12(18)14(9-10)19-15(23)7-8-22-16(24)11-3-1-2-4-13(11)20-21-22/h1-6,9H,7-8H2,(H,19,23). The van der Waals surface area contributed by atoms with Crippen LogP contribution in [0.3, 0.4) is 0 Å². The summed E-state index contributed by atoms with van der Waals surface area (Å²) in [6, 6.07) is 12.5. The van der Waals surface area contributed by atoms with Gasteiger partial charge in [0, 0.05) is 15.4 Å². The lowest BCUT2D eigenvalue weighted by Gasteiger charge is -2.08. The maximum absolute atomic E-state index is 12.3. The SMILES string of the molecule is O=C(CCn1nnc2ccccc2c1=O)Nc1cc(Br)ccc1Br. The Labute approximate surface area is 154 Å². The molecule has 122 valence electrons. The van der Waals surface area contributed by atoms with E-state index in [9.17, 15) is 9.59 Å². The number of rotatable bonds is 4. The minimum Gasteiger partial charge on any atom is -0.325 e. The van der Waals surface area contributed by atoms with E-state index >= 15 is 0 Å². The highest BCUT2D eigenvalue weighted by molar-refractivity contribution is 9.11. The fraction of sp³-hybridized carbons (Fsp3) is 0.125. The molecule has 2 aromatic carbocycles. The third kappa shape index (κ3) is 3.70. The highest BCUT2D eigenvalue weighted by atomic mass is 79.9. The van der Waals surface area contributed by atoms with Crippen LogP contribution in [0.5, 0.6) is 0 Å². The summed E-state index contributed by atoms with van der Waals surface area (Å²) in [5, 5.41) is 11.2. The van der Waals surface area contributed by atoms with Crippen LogP contribution < -0.4 is 10.9 Å². The van der Waals surface area contributed by atoms with Gasteiger partial charge >= 0.3 is 0 Å². The van der Waals surface area contributed by atoms with Crippen molar-refractivity contribution in [3.05, 3.63) is 61.8 Å². The highest BCUT2D eigenvalue weighted by Gasteiger charge is 2.09. The van der Waals surface area contributed by atoms with Crippen LogP contribution in [0.15, 0.2) is 56.2 Å². The van der Waals surface area contributed by atoms with Crippen molar-refractivity contribution >= 4 is 54.4 Å². The number of benzene rings is 2. The van der Waals surface area contributed by atoms with E-state index < -0.39 is 0 Å². The average Bonchev–Trinajstić information content (AvgIpc) is 2.58. The van der Waals surface area contributed by atoms with E-state index in [1.165, 1.54) is 4.68 Å². The molecule has 0 aliphatic carbocycles. The molecular formula is C16H12Br2N4O2. The molecular weight excluding hydrogens is 440 g/mol. The number of amides is 1. The van der Waals surface area contributed by atoms with Gasteiger partial charge in [0.05, 0.1) is 17.6 Å². The van der Waals surface area contributed by atoms with Gasteiger partial charge in [-0.05, 0) is 46.3 Å². The first-order chi connectivity index (χ1) is 11.5. The van der Waals surface area contributed by atoms with Crippen LogP contribution in [0.25, 0.3) is 10.9 Å². The van der Waals surface area contributed by atoms with E-state index in [1.807, 2.05) is 12.1 Å². The Morgan fingerprint density at radius 1 is 1.17 bits per heavy atom. The van der Waals surface area contributed by atoms with Gasteiger partial charge in [-0.15, -0.1) is 5.10 Å². The fourth-order valence-corrected chi connectivity index (χ4v) is 2.89. The third-order valence-electron chi connectivity index (χ3n) is 3.38. The van der Waals surface area contributed by atoms with Crippen molar-refractivity contribution in [3.8, 4) is 0 Å². The van der Waals surface area contributed by atoms with Crippen molar-refractivity contribution in [2.75, 3.05) is 5.32 Å². The Morgan fingerprint density at radius 3 is 2.79 bits per heavy atom. The van der Waals surface area contributed by atoms with Crippen molar-refractivity contribution < 1.29 is 4.79 Å². The van der Waals surface area contributed by atoms with Gasteiger partial charge in [-0.2, -0.15) is 0 Å². The first kappa shape index (κ1) is 16.8. The van der Waals surface area contributed by atoms with E-state index in [0.29, 0.717) is 16.6 Å². The van der Waals surface area contributed by atoms with E-state index in [2.05, 4.69) is 47.5 Å². The summed E-state index contributed by atoms with van der Waals surface area (Å²) in [6.45, 7) is 0.161. The third-order valence-corrected chi connectivity index (χ3v) is 4.57. The van der Waals surface area contributed by atoms with Gasteiger partial charge in [0.25, 0.3) is 5.56 Å². The largest absolute Gasteiger partial charge is 0.325 e. The molecule has 0 aliphatic heterocycles. The minimum absolute atomic E-state index is 0.117. The summed E-state index contributed by atoms with van der Waals surface area (Å²) in [7, 11) is 0. The molecule has 0 unspecified atom stereocenters. The molecule has 1 heterocycles. The quantitative estimate of drug-likeness (QED) is 0.659. The number of nitrogens with one attached hydrogen (secondary N) is 1. The van der Waals surface area contributed by atoms with Crippen LogP contribution in [0.4, 0.5) is 5.69 Å². The monoisotopic (exact) mass is 450 g/mol. The molecule has 0 bridgehead atoms. The summed E-state index contributed by atoms with van der Waals surface area (Å²) in [5.74, 6) is -0.212. The molecule has 0 radical (unpaired) electrons. The lowest BCUT2D eigenvalue weighted by Crippen LogP contribution is -2.26. The van der Waals surface area contributed by atoms with Crippen molar-refractivity contribution in [3.63, 3.8) is 0 Å². The molecule has 0 fully saturated rings. The van der Waals surface area contributed by atoms with Crippen molar-refractivity contribution in [2.45, 2.75) is 13.0 Å². The molecule has 0 atom stereocenters. The van der Waals surface area contributed by atoms with Crippen molar-refractivity contribution in [1.82, 2.24) is 15.0 Å². The summed E-state index contributed by atoms with van der Waals surface area (Å²) >= 11 is 6.74.